The third-order valence-electron chi connectivity index (χ3n) is 2.00. The molecule has 4 heteroatoms. The summed E-state index contributed by atoms with van der Waals surface area (Å²) < 4.78 is 0.719. The highest BCUT2D eigenvalue weighted by Gasteiger charge is 2.08. The number of nitrogens with one attached hydrogen (secondary N) is 1. The van der Waals surface area contributed by atoms with Crippen LogP contribution < -0.4 is 5.73 Å². The minimum absolute atomic E-state index is 0.461. The summed E-state index contributed by atoms with van der Waals surface area (Å²) in [4.78, 5) is 7.41. The number of nitrogens with zero attached hydrogens (tertiary/aromatic N) is 1. The molecule has 0 radical (unpaired) electrons. The summed E-state index contributed by atoms with van der Waals surface area (Å²) in [5.74, 6) is 0. The summed E-state index contributed by atoms with van der Waals surface area (Å²) >= 11 is 3.30. The average Bonchev–Trinajstić information content (AvgIpc) is 2.61. The van der Waals surface area contributed by atoms with Gasteiger partial charge in [0.1, 0.15) is 0 Å². The van der Waals surface area contributed by atoms with Crippen molar-refractivity contribution >= 4 is 15.9 Å². The summed E-state index contributed by atoms with van der Waals surface area (Å²) in [6.45, 7) is 0.461. The number of aromatic amines is 1. The van der Waals surface area contributed by atoms with Gasteiger partial charge in [-0.05, 0) is 15.9 Å². The Morgan fingerprint density at radius 2 is 2.00 bits per heavy atom. The van der Waals surface area contributed by atoms with Crippen LogP contribution in [0.15, 0.2) is 35.1 Å². The maximum Gasteiger partial charge on any atom is 0.175 e. The first-order valence-corrected chi connectivity index (χ1v) is 5.10. The molecule has 1 aromatic carbocycles. The van der Waals surface area contributed by atoms with Gasteiger partial charge in [-0.25, -0.2) is 4.98 Å². The van der Waals surface area contributed by atoms with E-state index >= 15 is 0 Å². The van der Waals surface area contributed by atoms with E-state index in [1.807, 2.05) is 30.3 Å². The van der Waals surface area contributed by atoms with Crippen molar-refractivity contribution in [2.45, 2.75) is 6.54 Å². The molecular weight excluding hydrogens is 242 g/mol. The van der Waals surface area contributed by atoms with Crippen molar-refractivity contribution in [1.82, 2.24) is 9.97 Å². The molecule has 2 rings (SSSR count). The zero-order valence-corrected chi connectivity index (χ0v) is 9.08. The monoisotopic (exact) mass is 251 g/mol. The van der Waals surface area contributed by atoms with Gasteiger partial charge in [0.25, 0.3) is 0 Å². The number of aromatic nitrogens is 2. The standard InChI is InChI=1S/C10H10BrN3/c11-10-13-8(6-12)9(14-10)7-4-2-1-3-5-7/h1-5H,6,12H2,(H,13,14). The zero-order valence-electron chi connectivity index (χ0n) is 7.50. The van der Waals surface area contributed by atoms with Gasteiger partial charge in [0, 0.05) is 12.1 Å². The van der Waals surface area contributed by atoms with E-state index in [0.29, 0.717) is 6.54 Å². The van der Waals surface area contributed by atoms with Gasteiger partial charge in [0.05, 0.1) is 11.4 Å². The number of nitrogens with two attached hydrogens (primary N) is 1. The van der Waals surface area contributed by atoms with Gasteiger partial charge in [-0.2, -0.15) is 0 Å². The highest BCUT2D eigenvalue weighted by Crippen LogP contribution is 2.22. The summed E-state index contributed by atoms with van der Waals surface area (Å²) in [5, 5.41) is 0. The Bertz CT molecular complexity index is 422. The van der Waals surface area contributed by atoms with Gasteiger partial charge in [0.15, 0.2) is 4.73 Å². The molecule has 0 saturated carbocycles. The van der Waals surface area contributed by atoms with E-state index in [1.165, 1.54) is 0 Å². The molecule has 14 heavy (non-hydrogen) atoms. The molecule has 1 heterocycles. The van der Waals surface area contributed by atoms with Crippen molar-refractivity contribution in [3.05, 3.63) is 40.8 Å². The van der Waals surface area contributed by atoms with Gasteiger partial charge >= 0.3 is 0 Å². The second-order valence-electron chi connectivity index (χ2n) is 2.92. The maximum atomic E-state index is 5.61. The molecule has 0 atom stereocenters. The Labute approximate surface area is 90.5 Å². The average molecular weight is 252 g/mol. The minimum Gasteiger partial charge on any atom is -0.335 e. The smallest absolute Gasteiger partial charge is 0.175 e. The van der Waals surface area contributed by atoms with Crippen LogP contribution >= 0.6 is 15.9 Å². The van der Waals surface area contributed by atoms with E-state index < -0.39 is 0 Å². The number of hydrogen-bond acceptors (Lipinski definition) is 2. The lowest BCUT2D eigenvalue weighted by molar-refractivity contribution is 1.01. The lowest BCUT2D eigenvalue weighted by Crippen LogP contribution is -1.98. The van der Waals surface area contributed by atoms with Gasteiger partial charge in [0.2, 0.25) is 0 Å². The predicted octanol–water partition coefficient (Wildman–Crippen LogP) is 2.30. The van der Waals surface area contributed by atoms with Gasteiger partial charge in [-0.15, -0.1) is 0 Å². The highest BCUT2D eigenvalue weighted by atomic mass is 79.9. The van der Waals surface area contributed by atoms with Crippen LogP contribution in [0.1, 0.15) is 5.69 Å². The van der Waals surface area contributed by atoms with Crippen LogP contribution in [0.3, 0.4) is 0 Å². The largest absolute Gasteiger partial charge is 0.335 e. The van der Waals surface area contributed by atoms with Crippen LogP contribution in [0.2, 0.25) is 0 Å². The molecule has 3 nitrogen and oxygen atoms in total. The summed E-state index contributed by atoms with van der Waals surface area (Å²) in [5.41, 5.74) is 8.55. The molecule has 0 fully saturated rings. The van der Waals surface area contributed by atoms with Crippen LogP contribution in [0.5, 0.6) is 0 Å². The normalized spacial score (nSPS) is 10.4. The Morgan fingerprint density at radius 1 is 1.29 bits per heavy atom. The van der Waals surface area contributed by atoms with Crippen LogP contribution in [0, 0.1) is 0 Å². The van der Waals surface area contributed by atoms with E-state index in [1.54, 1.807) is 0 Å². The molecule has 0 aliphatic carbocycles. The second-order valence-corrected chi connectivity index (χ2v) is 3.68. The number of benzene rings is 1. The highest BCUT2D eigenvalue weighted by molar-refractivity contribution is 9.10. The Kier molecular flexibility index (Phi) is 2.65. The number of imidazole rings is 1. The first kappa shape index (κ1) is 9.43. The molecule has 0 unspecified atom stereocenters. The Hall–Kier alpha value is -1.13. The van der Waals surface area contributed by atoms with Crippen molar-refractivity contribution in [2.75, 3.05) is 0 Å². The first-order valence-electron chi connectivity index (χ1n) is 4.31. The van der Waals surface area contributed by atoms with Crippen LogP contribution in [0.4, 0.5) is 0 Å². The van der Waals surface area contributed by atoms with Crippen molar-refractivity contribution in [1.29, 1.82) is 0 Å². The van der Waals surface area contributed by atoms with E-state index in [4.69, 9.17) is 5.73 Å². The molecule has 0 bridgehead atoms. The minimum atomic E-state index is 0.461. The number of H-pyrrole nitrogens is 1. The van der Waals surface area contributed by atoms with E-state index in [2.05, 4.69) is 25.9 Å². The van der Waals surface area contributed by atoms with Crippen molar-refractivity contribution in [3.63, 3.8) is 0 Å². The summed E-state index contributed by atoms with van der Waals surface area (Å²) in [6.07, 6.45) is 0. The molecular formula is C10H10BrN3. The summed E-state index contributed by atoms with van der Waals surface area (Å²) in [7, 11) is 0. The third kappa shape index (κ3) is 1.71. The summed E-state index contributed by atoms with van der Waals surface area (Å²) in [6, 6.07) is 9.98. The quantitative estimate of drug-likeness (QED) is 0.861. The van der Waals surface area contributed by atoms with Crippen LogP contribution in [-0.2, 0) is 6.54 Å². The fourth-order valence-electron chi connectivity index (χ4n) is 1.36. The maximum absolute atomic E-state index is 5.61. The lowest BCUT2D eigenvalue weighted by Gasteiger charge is -1.98. The molecule has 72 valence electrons. The molecule has 1 aromatic heterocycles. The fourth-order valence-corrected chi connectivity index (χ4v) is 1.78. The number of hydrogen-bond donors (Lipinski definition) is 2. The number of halogens is 1. The second kappa shape index (κ2) is 3.94. The Morgan fingerprint density at radius 3 is 2.64 bits per heavy atom. The van der Waals surface area contributed by atoms with Crippen LogP contribution in [0.25, 0.3) is 11.3 Å². The molecule has 0 saturated heterocycles. The number of rotatable bonds is 2. The van der Waals surface area contributed by atoms with Gasteiger partial charge in [-0.1, -0.05) is 30.3 Å². The Balaban J connectivity index is 2.51. The van der Waals surface area contributed by atoms with E-state index in [0.717, 1.165) is 21.7 Å². The fraction of sp³-hybridized carbons (Fsp3) is 0.100. The third-order valence-corrected chi connectivity index (χ3v) is 2.38. The molecule has 0 amide bonds. The lowest BCUT2D eigenvalue weighted by atomic mass is 10.1. The SMILES string of the molecule is NCc1[nH]c(Br)nc1-c1ccccc1. The van der Waals surface area contributed by atoms with Crippen LogP contribution in [-0.4, -0.2) is 9.97 Å². The predicted molar refractivity (Wildman–Crippen MR) is 59.6 cm³/mol. The molecule has 0 aliphatic heterocycles. The topological polar surface area (TPSA) is 54.7 Å². The molecule has 0 aliphatic rings. The first-order chi connectivity index (χ1) is 6.81. The van der Waals surface area contributed by atoms with Crippen molar-refractivity contribution in [3.8, 4) is 11.3 Å². The zero-order chi connectivity index (χ0) is 9.97. The van der Waals surface area contributed by atoms with Gasteiger partial charge in [-0.3, -0.25) is 0 Å². The van der Waals surface area contributed by atoms with Crippen molar-refractivity contribution in [2.24, 2.45) is 5.73 Å². The molecule has 0 spiro atoms. The molecule has 3 N–H and O–H groups in total. The van der Waals surface area contributed by atoms with Crippen molar-refractivity contribution < 1.29 is 0 Å². The van der Waals surface area contributed by atoms with E-state index in [9.17, 15) is 0 Å². The van der Waals surface area contributed by atoms with E-state index in [-0.39, 0.29) is 0 Å². The molecule has 2 aromatic rings. The van der Waals surface area contributed by atoms with Gasteiger partial charge < -0.3 is 10.7 Å².